The minimum Gasteiger partial charge on any atom is -0.396 e. The van der Waals surface area contributed by atoms with Crippen LogP contribution < -0.4 is 5.32 Å². The number of rotatable bonds is 3. The third-order valence-corrected chi connectivity index (χ3v) is 2.51. The van der Waals surface area contributed by atoms with Crippen LogP contribution in [0.15, 0.2) is 0 Å². The molecule has 0 aromatic carbocycles. The zero-order valence-corrected chi connectivity index (χ0v) is 9.92. The van der Waals surface area contributed by atoms with Gasteiger partial charge in [-0.2, -0.15) is 0 Å². The van der Waals surface area contributed by atoms with Crippen molar-refractivity contribution in [3.05, 3.63) is 0 Å². The van der Waals surface area contributed by atoms with Crippen LogP contribution in [0.25, 0.3) is 0 Å². The van der Waals surface area contributed by atoms with E-state index in [1.54, 1.807) is 0 Å². The van der Waals surface area contributed by atoms with Gasteiger partial charge in [0.15, 0.2) is 0 Å². The summed E-state index contributed by atoms with van der Waals surface area (Å²) in [6.07, 6.45) is 0.999. The summed E-state index contributed by atoms with van der Waals surface area (Å²) in [5.41, 5.74) is -0.160. The van der Waals surface area contributed by atoms with Crippen LogP contribution in [0.2, 0.25) is 0 Å². The maximum absolute atomic E-state index is 11.6. The molecule has 15 heavy (non-hydrogen) atoms. The van der Waals surface area contributed by atoms with Crippen molar-refractivity contribution in [3.63, 3.8) is 0 Å². The molecule has 1 unspecified atom stereocenters. The van der Waals surface area contributed by atoms with Gasteiger partial charge in [0.05, 0.1) is 6.54 Å². The second-order valence-electron chi connectivity index (χ2n) is 5.37. The third kappa shape index (κ3) is 4.62. The largest absolute Gasteiger partial charge is 0.396 e. The van der Waals surface area contributed by atoms with Gasteiger partial charge in [-0.15, -0.1) is 0 Å². The molecule has 0 aromatic rings. The van der Waals surface area contributed by atoms with E-state index in [1.165, 1.54) is 0 Å². The first-order valence-corrected chi connectivity index (χ1v) is 5.55. The topological polar surface area (TPSA) is 52.6 Å². The van der Waals surface area contributed by atoms with Crippen molar-refractivity contribution in [2.24, 2.45) is 5.92 Å². The highest BCUT2D eigenvalue weighted by molar-refractivity contribution is 5.78. The van der Waals surface area contributed by atoms with Gasteiger partial charge in [-0.25, -0.2) is 0 Å². The molecule has 1 saturated heterocycles. The molecule has 88 valence electrons. The molecule has 1 aliphatic rings. The van der Waals surface area contributed by atoms with Crippen LogP contribution >= 0.6 is 0 Å². The molecule has 4 nitrogen and oxygen atoms in total. The van der Waals surface area contributed by atoms with Crippen molar-refractivity contribution in [3.8, 4) is 0 Å². The molecule has 1 atom stereocenters. The number of nitrogens with zero attached hydrogens (tertiary/aromatic N) is 1. The van der Waals surface area contributed by atoms with E-state index in [2.05, 4.69) is 10.2 Å². The number of hydrogen-bond donors (Lipinski definition) is 2. The van der Waals surface area contributed by atoms with E-state index in [0.717, 1.165) is 19.5 Å². The number of amides is 1. The summed E-state index contributed by atoms with van der Waals surface area (Å²) in [4.78, 5) is 13.7. The van der Waals surface area contributed by atoms with Crippen molar-refractivity contribution < 1.29 is 9.90 Å². The molecule has 0 bridgehead atoms. The minimum atomic E-state index is -0.160. The molecule has 0 saturated carbocycles. The van der Waals surface area contributed by atoms with E-state index in [4.69, 9.17) is 5.11 Å². The first-order valence-electron chi connectivity index (χ1n) is 5.55. The van der Waals surface area contributed by atoms with Crippen LogP contribution in [0.5, 0.6) is 0 Å². The quantitative estimate of drug-likeness (QED) is 0.706. The second kappa shape index (κ2) is 4.94. The Morgan fingerprint density at radius 2 is 2.20 bits per heavy atom. The average Bonchev–Trinajstić information content (AvgIpc) is 2.48. The van der Waals surface area contributed by atoms with Gasteiger partial charge in [0, 0.05) is 18.7 Å². The Hall–Kier alpha value is -0.610. The van der Waals surface area contributed by atoms with E-state index in [9.17, 15) is 4.79 Å². The van der Waals surface area contributed by atoms with Crippen LogP contribution in [-0.4, -0.2) is 47.7 Å². The summed E-state index contributed by atoms with van der Waals surface area (Å²) in [5.74, 6) is 0.425. The summed E-state index contributed by atoms with van der Waals surface area (Å²) in [5, 5.41) is 11.9. The number of likely N-dealkylation sites (tertiary alicyclic amines) is 1. The fraction of sp³-hybridized carbons (Fsp3) is 0.909. The van der Waals surface area contributed by atoms with Gasteiger partial charge < -0.3 is 10.4 Å². The zero-order chi connectivity index (χ0) is 11.5. The summed E-state index contributed by atoms with van der Waals surface area (Å²) in [6, 6.07) is 0. The Morgan fingerprint density at radius 1 is 1.53 bits per heavy atom. The molecular weight excluding hydrogens is 192 g/mol. The normalized spacial score (nSPS) is 23.1. The van der Waals surface area contributed by atoms with E-state index >= 15 is 0 Å². The van der Waals surface area contributed by atoms with Gasteiger partial charge in [-0.05, 0) is 39.7 Å². The van der Waals surface area contributed by atoms with Crippen molar-refractivity contribution in [2.45, 2.75) is 32.7 Å². The molecule has 1 heterocycles. The highest BCUT2D eigenvalue weighted by atomic mass is 16.3. The number of carbonyl (C=O) groups is 1. The lowest BCUT2D eigenvalue weighted by atomic mass is 10.1. The molecule has 1 rings (SSSR count). The fourth-order valence-electron chi connectivity index (χ4n) is 1.87. The summed E-state index contributed by atoms with van der Waals surface area (Å²) in [7, 11) is 0. The number of carbonyl (C=O) groups excluding carboxylic acids is 1. The lowest BCUT2D eigenvalue weighted by Crippen LogP contribution is -2.45. The molecule has 0 spiro atoms. The molecule has 1 amide bonds. The van der Waals surface area contributed by atoms with Crippen LogP contribution in [0.1, 0.15) is 27.2 Å². The number of nitrogens with one attached hydrogen (secondary N) is 1. The highest BCUT2D eigenvalue weighted by Crippen LogP contribution is 2.14. The lowest BCUT2D eigenvalue weighted by Gasteiger charge is -2.23. The Bertz CT molecular complexity index is 223. The summed E-state index contributed by atoms with van der Waals surface area (Å²) >= 11 is 0. The Kier molecular flexibility index (Phi) is 4.11. The molecule has 0 aliphatic carbocycles. The van der Waals surface area contributed by atoms with E-state index in [1.807, 2.05) is 20.8 Å². The first kappa shape index (κ1) is 12.5. The molecule has 2 N–H and O–H groups in total. The predicted molar refractivity (Wildman–Crippen MR) is 59.5 cm³/mol. The molecule has 0 aromatic heterocycles. The molecule has 4 heteroatoms. The molecule has 1 aliphatic heterocycles. The minimum absolute atomic E-state index is 0.0705. The van der Waals surface area contributed by atoms with Crippen molar-refractivity contribution in [2.75, 3.05) is 26.2 Å². The van der Waals surface area contributed by atoms with E-state index in [0.29, 0.717) is 12.5 Å². The van der Waals surface area contributed by atoms with Gasteiger partial charge >= 0.3 is 0 Å². The fourth-order valence-corrected chi connectivity index (χ4v) is 1.87. The SMILES string of the molecule is CC(C)(C)NC(=O)CN1CCC(CO)C1. The van der Waals surface area contributed by atoms with Gasteiger partial charge in [0.1, 0.15) is 0 Å². The van der Waals surface area contributed by atoms with Crippen molar-refractivity contribution in [1.82, 2.24) is 10.2 Å². The smallest absolute Gasteiger partial charge is 0.234 e. The van der Waals surface area contributed by atoms with Gasteiger partial charge in [0.2, 0.25) is 5.91 Å². The van der Waals surface area contributed by atoms with Crippen molar-refractivity contribution in [1.29, 1.82) is 0 Å². The number of aliphatic hydroxyl groups is 1. The lowest BCUT2D eigenvalue weighted by molar-refractivity contribution is -0.123. The van der Waals surface area contributed by atoms with Crippen LogP contribution in [0.4, 0.5) is 0 Å². The van der Waals surface area contributed by atoms with Gasteiger partial charge in [0.25, 0.3) is 0 Å². The third-order valence-electron chi connectivity index (χ3n) is 2.51. The van der Waals surface area contributed by atoms with Crippen LogP contribution in [0, 0.1) is 5.92 Å². The molecule has 1 fully saturated rings. The monoisotopic (exact) mass is 214 g/mol. The average molecular weight is 214 g/mol. The number of aliphatic hydroxyl groups excluding tert-OH is 1. The Morgan fingerprint density at radius 3 is 2.67 bits per heavy atom. The van der Waals surface area contributed by atoms with E-state index in [-0.39, 0.29) is 18.1 Å². The zero-order valence-electron chi connectivity index (χ0n) is 9.92. The summed E-state index contributed by atoms with van der Waals surface area (Å²) in [6.45, 7) is 8.38. The first-order chi connectivity index (χ1) is 6.90. The summed E-state index contributed by atoms with van der Waals surface area (Å²) < 4.78 is 0. The number of hydrogen-bond acceptors (Lipinski definition) is 3. The molecular formula is C11H22N2O2. The standard InChI is InChI=1S/C11H22N2O2/c1-11(2,3)12-10(15)7-13-5-4-9(6-13)8-14/h9,14H,4-8H2,1-3H3,(H,12,15). The second-order valence-corrected chi connectivity index (χ2v) is 5.37. The Labute approximate surface area is 91.6 Å². The highest BCUT2D eigenvalue weighted by Gasteiger charge is 2.24. The van der Waals surface area contributed by atoms with Crippen molar-refractivity contribution >= 4 is 5.91 Å². The van der Waals surface area contributed by atoms with Crippen LogP contribution in [0.3, 0.4) is 0 Å². The van der Waals surface area contributed by atoms with Gasteiger partial charge in [-0.1, -0.05) is 0 Å². The van der Waals surface area contributed by atoms with Gasteiger partial charge in [-0.3, -0.25) is 9.69 Å². The van der Waals surface area contributed by atoms with Crippen LogP contribution in [-0.2, 0) is 4.79 Å². The predicted octanol–water partition coefficient (Wildman–Crippen LogP) is 0.215. The maximum atomic E-state index is 11.6. The maximum Gasteiger partial charge on any atom is 0.234 e. The van der Waals surface area contributed by atoms with E-state index < -0.39 is 0 Å². The molecule has 0 radical (unpaired) electrons. The Balaban J connectivity index is 2.28.